The average molecular weight is 346 g/mol. The standard InChI is InChI=1S/C21H14O5/c1-13-5-2-3-6-14(13)11-19-20(22)16-9-8-15(12-18(16)26-19)25-21(23)17-7-4-10-24-17/h2-12H,1H3. The molecule has 4 rings (SSSR count). The zero-order valence-electron chi connectivity index (χ0n) is 13.9. The first kappa shape index (κ1) is 15.9. The molecule has 0 spiro atoms. The van der Waals surface area contributed by atoms with Crippen molar-refractivity contribution < 1.29 is 23.5 Å². The number of ether oxygens (including phenoxy) is 2. The lowest BCUT2D eigenvalue weighted by Gasteiger charge is -2.04. The molecular formula is C21H14O5. The van der Waals surface area contributed by atoms with Crippen molar-refractivity contribution in [3.8, 4) is 11.5 Å². The Morgan fingerprint density at radius 1 is 1.08 bits per heavy atom. The van der Waals surface area contributed by atoms with Crippen LogP contribution in [-0.2, 0) is 0 Å². The fourth-order valence-corrected chi connectivity index (χ4v) is 2.67. The lowest BCUT2D eigenvalue weighted by molar-refractivity contribution is 0.0701. The molecule has 0 aliphatic carbocycles. The van der Waals surface area contributed by atoms with E-state index in [4.69, 9.17) is 13.9 Å². The number of benzene rings is 2. The molecule has 0 unspecified atom stereocenters. The highest BCUT2D eigenvalue weighted by atomic mass is 16.5. The molecule has 0 saturated heterocycles. The van der Waals surface area contributed by atoms with Gasteiger partial charge in [0.05, 0.1) is 11.8 Å². The maximum atomic E-state index is 12.5. The van der Waals surface area contributed by atoms with Gasteiger partial charge in [0, 0.05) is 6.07 Å². The van der Waals surface area contributed by atoms with Gasteiger partial charge in [0.15, 0.2) is 5.76 Å². The molecule has 0 bridgehead atoms. The van der Waals surface area contributed by atoms with E-state index in [1.807, 2.05) is 31.2 Å². The fraction of sp³-hybridized carbons (Fsp3) is 0.0476. The van der Waals surface area contributed by atoms with E-state index in [1.54, 1.807) is 24.3 Å². The molecule has 0 saturated carbocycles. The van der Waals surface area contributed by atoms with Crippen LogP contribution in [-0.4, -0.2) is 11.8 Å². The van der Waals surface area contributed by atoms with Crippen LogP contribution < -0.4 is 9.47 Å². The Morgan fingerprint density at radius 3 is 2.69 bits per heavy atom. The minimum Gasteiger partial charge on any atom is -0.457 e. The predicted octanol–water partition coefficient (Wildman–Crippen LogP) is 4.42. The van der Waals surface area contributed by atoms with Crippen LogP contribution in [0.2, 0.25) is 0 Å². The minimum absolute atomic E-state index is 0.0997. The van der Waals surface area contributed by atoms with Gasteiger partial charge in [-0.25, -0.2) is 4.79 Å². The third kappa shape index (κ3) is 2.91. The highest BCUT2D eigenvalue weighted by Gasteiger charge is 2.28. The molecule has 0 radical (unpaired) electrons. The highest BCUT2D eigenvalue weighted by Crippen LogP contribution is 2.35. The molecule has 0 atom stereocenters. The Kier molecular flexibility index (Phi) is 3.89. The van der Waals surface area contributed by atoms with Crippen molar-refractivity contribution in [2.75, 3.05) is 0 Å². The maximum Gasteiger partial charge on any atom is 0.379 e. The molecule has 5 nitrogen and oxygen atoms in total. The van der Waals surface area contributed by atoms with Crippen LogP contribution in [0.4, 0.5) is 0 Å². The largest absolute Gasteiger partial charge is 0.457 e. The Labute approximate surface area is 149 Å². The molecule has 2 aromatic carbocycles. The summed E-state index contributed by atoms with van der Waals surface area (Å²) in [6.07, 6.45) is 3.11. The van der Waals surface area contributed by atoms with Gasteiger partial charge in [0.25, 0.3) is 0 Å². The quantitative estimate of drug-likeness (QED) is 0.399. The molecular weight excluding hydrogens is 332 g/mol. The summed E-state index contributed by atoms with van der Waals surface area (Å²) in [4.78, 5) is 24.5. The number of aryl methyl sites for hydroxylation is 1. The molecule has 2 heterocycles. The number of hydrogen-bond acceptors (Lipinski definition) is 5. The van der Waals surface area contributed by atoms with Crippen LogP contribution in [0.3, 0.4) is 0 Å². The number of ketones is 1. The van der Waals surface area contributed by atoms with Crippen molar-refractivity contribution in [2.45, 2.75) is 6.92 Å². The van der Waals surface area contributed by atoms with Crippen molar-refractivity contribution in [1.82, 2.24) is 0 Å². The third-order valence-electron chi connectivity index (χ3n) is 4.05. The van der Waals surface area contributed by atoms with E-state index in [0.717, 1.165) is 11.1 Å². The zero-order chi connectivity index (χ0) is 18.1. The summed E-state index contributed by atoms with van der Waals surface area (Å²) in [5.74, 6) is 0.156. The van der Waals surface area contributed by atoms with E-state index in [1.165, 1.54) is 18.4 Å². The van der Waals surface area contributed by atoms with Crippen molar-refractivity contribution in [3.05, 3.63) is 89.1 Å². The molecule has 0 fully saturated rings. The van der Waals surface area contributed by atoms with Gasteiger partial charge in [0.1, 0.15) is 11.5 Å². The van der Waals surface area contributed by atoms with Crippen LogP contribution in [0.15, 0.2) is 71.0 Å². The van der Waals surface area contributed by atoms with E-state index in [0.29, 0.717) is 11.3 Å². The molecule has 1 aliphatic rings. The summed E-state index contributed by atoms with van der Waals surface area (Å²) < 4.78 is 15.9. The summed E-state index contributed by atoms with van der Waals surface area (Å²) in [5.41, 5.74) is 2.39. The van der Waals surface area contributed by atoms with Gasteiger partial charge in [-0.3, -0.25) is 4.79 Å². The number of carbonyl (C=O) groups excluding carboxylic acids is 2. The molecule has 5 heteroatoms. The number of Topliss-reactive ketones (excluding diaryl/α,β-unsaturated/α-hetero) is 1. The normalized spacial score (nSPS) is 14.2. The maximum absolute atomic E-state index is 12.5. The van der Waals surface area contributed by atoms with Gasteiger partial charge >= 0.3 is 5.97 Å². The summed E-state index contributed by atoms with van der Waals surface area (Å²) in [5, 5.41) is 0. The number of esters is 1. The van der Waals surface area contributed by atoms with Gasteiger partial charge in [-0.05, 0) is 48.4 Å². The van der Waals surface area contributed by atoms with E-state index >= 15 is 0 Å². The van der Waals surface area contributed by atoms with Crippen LogP contribution in [0.5, 0.6) is 11.5 Å². The molecule has 0 amide bonds. The monoisotopic (exact) mass is 346 g/mol. The van der Waals surface area contributed by atoms with Crippen LogP contribution in [0, 0.1) is 6.92 Å². The van der Waals surface area contributed by atoms with Gasteiger partial charge in [-0.15, -0.1) is 0 Å². The first-order valence-corrected chi connectivity index (χ1v) is 8.01. The number of carbonyl (C=O) groups is 2. The van der Waals surface area contributed by atoms with E-state index in [9.17, 15) is 9.59 Å². The van der Waals surface area contributed by atoms with E-state index < -0.39 is 5.97 Å². The zero-order valence-corrected chi connectivity index (χ0v) is 13.9. The number of allylic oxidation sites excluding steroid dienone is 1. The summed E-state index contributed by atoms with van der Waals surface area (Å²) in [7, 11) is 0. The number of hydrogen-bond donors (Lipinski definition) is 0. The Morgan fingerprint density at radius 2 is 1.92 bits per heavy atom. The van der Waals surface area contributed by atoms with Gasteiger partial charge in [-0.1, -0.05) is 24.3 Å². The van der Waals surface area contributed by atoms with Gasteiger partial charge in [-0.2, -0.15) is 0 Å². The van der Waals surface area contributed by atoms with E-state index in [2.05, 4.69) is 0 Å². The molecule has 1 aliphatic heterocycles. The minimum atomic E-state index is -0.616. The topological polar surface area (TPSA) is 65.7 Å². The summed E-state index contributed by atoms with van der Waals surface area (Å²) in [6.45, 7) is 1.96. The second kappa shape index (κ2) is 6.37. The fourth-order valence-electron chi connectivity index (χ4n) is 2.67. The van der Waals surface area contributed by atoms with Crippen molar-refractivity contribution >= 4 is 17.8 Å². The van der Waals surface area contributed by atoms with Crippen LogP contribution >= 0.6 is 0 Å². The first-order chi connectivity index (χ1) is 12.6. The highest BCUT2D eigenvalue weighted by molar-refractivity contribution is 6.14. The van der Waals surface area contributed by atoms with Gasteiger partial charge < -0.3 is 13.9 Å². The smallest absolute Gasteiger partial charge is 0.379 e. The predicted molar refractivity (Wildman–Crippen MR) is 94.2 cm³/mol. The molecule has 0 N–H and O–H groups in total. The van der Waals surface area contributed by atoms with Gasteiger partial charge in [0.2, 0.25) is 11.5 Å². The number of rotatable bonds is 3. The van der Waals surface area contributed by atoms with Crippen molar-refractivity contribution in [3.63, 3.8) is 0 Å². The van der Waals surface area contributed by atoms with Crippen LogP contribution in [0.25, 0.3) is 6.08 Å². The Hall–Kier alpha value is -3.60. The summed E-state index contributed by atoms with van der Waals surface area (Å²) >= 11 is 0. The van der Waals surface area contributed by atoms with Crippen molar-refractivity contribution in [1.29, 1.82) is 0 Å². The molecule has 1 aromatic heterocycles. The lowest BCUT2D eigenvalue weighted by atomic mass is 10.1. The second-order valence-corrected chi connectivity index (χ2v) is 5.82. The second-order valence-electron chi connectivity index (χ2n) is 5.82. The first-order valence-electron chi connectivity index (χ1n) is 8.01. The van der Waals surface area contributed by atoms with E-state index in [-0.39, 0.29) is 23.1 Å². The molecule has 128 valence electrons. The summed E-state index contributed by atoms with van der Waals surface area (Å²) in [6, 6.07) is 15.5. The lowest BCUT2D eigenvalue weighted by Crippen LogP contribution is -2.07. The number of fused-ring (bicyclic) bond motifs is 1. The average Bonchev–Trinajstić information content (AvgIpc) is 3.26. The molecule has 3 aromatic rings. The Balaban J connectivity index is 1.59. The SMILES string of the molecule is Cc1ccccc1C=C1Oc2cc(OC(=O)c3ccco3)ccc2C1=O. The number of furan rings is 1. The third-order valence-corrected chi connectivity index (χ3v) is 4.05. The molecule has 26 heavy (non-hydrogen) atoms. The Bertz CT molecular complexity index is 1030. The van der Waals surface area contributed by atoms with Crippen molar-refractivity contribution in [2.24, 2.45) is 0 Å². The van der Waals surface area contributed by atoms with Crippen LogP contribution in [0.1, 0.15) is 32.0 Å².